The molecule has 1 aliphatic rings. The maximum Gasteiger partial charge on any atom is 0.326 e. The predicted molar refractivity (Wildman–Crippen MR) is 69.4 cm³/mol. The minimum absolute atomic E-state index is 0.213. The number of likely N-dealkylation sites (tertiary alicyclic amines) is 1. The first kappa shape index (κ1) is 13.1. The number of halogens is 1. The summed E-state index contributed by atoms with van der Waals surface area (Å²) in [5, 5.41) is 9.17. The second-order valence-electron chi connectivity index (χ2n) is 4.50. The predicted octanol–water partition coefficient (Wildman–Crippen LogP) is 1.87. The number of amides is 1. The molecule has 1 fully saturated rings. The van der Waals surface area contributed by atoms with Gasteiger partial charge in [0.25, 0.3) is 5.91 Å². The molecule has 2 rings (SSSR count). The molecule has 1 atom stereocenters. The summed E-state index contributed by atoms with van der Waals surface area (Å²) in [6, 6.07) is 1.02. The molecule has 1 saturated heterocycles. The lowest BCUT2D eigenvalue weighted by atomic mass is 10.0. The van der Waals surface area contributed by atoms with Crippen LogP contribution in [-0.4, -0.2) is 39.0 Å². The Morgan fingerprint density at radius 2 is 2.17 bits per heavy atom. The smallest absolute Gasteiger partial charge is 0.326 e. The van der Waals surface area contributed by atoms with Gasteiger partial charge in [-0.1, -0.05) is 0 Å². The van der Waals surface area contributed by atoms with Gasteiger partial charge < -0.3 is 14.6 Å². The minimum Gasteiger partial charge on any atom is -0.480 e. The number of aryl methyl sites for hydroxylation is 1. The van der Waals surface area contributed by atoms with Crippen LogP contribution < -0.4 is 0 Å². The van der Waals surface area contributed by atoms with Crippen molar-refractivity contribution in [3.8, 4) is 0 Å². The van der Waals surface area contributed by atoms with E-state index in [0.29, 0.717) is 18.7 Å². The summed E-state index contributed by atoms with van der Waals surface area (Å²) in [5.41, 5.74) is 0.509. The molecule has 1 aliphatic heterocycles. The highest BCUT2D eigenvalue weighted by Crippen LogP contribution is 2.22. The molecule has 18 heavy (non-hydrogen) atoms. The Labute approximate surface area is 114 Å². The van der Waals surface area contributed by atoms with E-state index in [1.807, 2.05) is 0 Å². The molecule has 5 nitrogen and oxygen atoms in total. The van der Waals surface area contributed by atoms with E-state index in [2.05, 4.69) is 15.9 Å². The van der Waals surface area contributed by atoms with Crippen LogP contribution in [0.15, 0.2) is 16.7 Å². The molecule has 0 saturated carbocycles. The number of piperidine rings is 1. The number of aromatic nitrogens is 1. The molecule has 6 heteroatoms. The topological polar surface area (TPSA) is 62.5 Å². The molecular formula is C12H15BrN2O3. The van der Waals surface area contributed by atoms with Gasteiger partial charge in [-0.05, 0) is 41.3 Å². The third kappa shape index (κ3) is 2.43. The molecule has 0 spiro atoms. The van der Waals surface area contributed by atoms with Gasteiger partial charge in [-0.2, -0.15) is 0 Å². The Morgan fingerprint density at radius 3 is 2.72 bits per heavy atom. The van der Waals surface area contributed by atoms with Crippen LogP contribution in [0.4, 0.5) is 0 Å². The maximum absolute atomic E-state index is 12.4. The van der Waals surface area contributed by atoms with Crippen LogP contribution in [0.25, 0.3) is 0 Å². The average molecular weight is 315 g/mol. The van der Waals surface area contributed by atoms with Crippen LogP contribution in [0.2, 0.25) is 0 Å². The van der Waals surface area contributed by atoms with E-state index in [-0.39, 0.29) is 5.91 Å². The van der Waals surface area contributed by atoms with E-state index in [9.17, 15) is 9.59 Å². The fourth-order valence-electron chi connectivity index (χ4n) is 2.32. The number of carboxylic acid groups (broad SMARTS) is 1. The van der Waals surface area contributed by atoms with Gasteiger partial charge in [0.15, 0.2) is 0 Å². The van der Waals surface area contributed by atoms with Crippen molar-refractivity contribution in [3.05, 3.63) is 22.4 Å². The third-order valence-electron chi connectivity index (χ3n) is 3.24. The normalized spacial score (nSPS) is 19.9. The molecule has 0 unspecified atom stereocenters. The molecule has 98 valence electrons. The zero-order valence-electron chi connectivity index (χ0n) is 10.1. The van der Waals surface area contributed by atoms with E-state index < -0.39 is 12.0 Å². The number of hydrogen-bond acceptors (Lipinski definition) is 2. The summed E-state index contributed by atoms with van der Waals surface area (Å²) in [6.07, 6.45) is 4.04. The number of carbonyl (C=O) groups excluding carboxylic acids is 1. The molecule has 0 aliphatic carbocycles. The third-order valence-corrected chi connectivity index (χ3v) is 3.67. The highest BCUT2D eigenvalue weighted by molar-refractivity contribution is 9.10. The van der Waals surface area contributed by atoms with Crippen LogP contribution in [0.5, 0.6) is 0 Å². The maximum atomic E-state index is 12.4. The van der Waals surface area contributed by atoms with Gasteiger partial charge in [-0.25, -0.2) is 4.79 Å². The molecule has 1 amide bonds. The lowest BCUT2D eigenvalue weighted by Crippen LogP contribution is -2.48. The van der Waals surface area contributed by atoms with Crippen LogP contribution in [0.1, 0.15) is 29.8 Å². The molecule has 0 radical (unpaired) electrons. The lowest BCUT2D eigenvalue weighted by Gasteiger charge is -2.32. The van der Waals surface area contributed by atoms with Crippen molar-refractivity contribution in [1.29, 1.82) is 0 Å². The van der Waals surface area contributed by atoms with Gasteiger partial charge in [0.2, 0.25) is 0 Å². The van der Waals surface area contributed by atoms with Crippen LogP contribution in [-0.2, 0) is 11.8 Å². The number of nitrogens with zero attached hydrogens (tertiary/aromatic N) is 2. The van der Waals surface area contributed by atoms with Crippen molar-refractivity contribution in [2.45, 2.75) is 25.3 Å². The van der Waals surface area contributed by atoms with Crippen LogP contribution in [0.3, 0.4) is 0 Å². The number of carbonyl (C=O) groups is 2. The van der Waals surface area contributed by atoms with Gasteiger partial charge in [-0.15, -0.1) is 0 Å². The summed E-state index contributed by atoms with van der Waals surface area (Å²) < 4.78 is 2.53. The van der Waals surface area contributed by atoms with E-state index in [0.717, 1.165) is 17.3 Å². The lowest BCUT2D eigenvalue weighted by molar-refractivity contribution is -0.143. The summed E-state index contributed by atoms with van der Waals surface area (Å²) in [4.78, 5) is 25.0. The highest BCUT2D eigenvalue weighted by atomic mass is 79.9. The molecular weight excluding hydrogens is 300 g/mol. The number of rotatable bonds is 2. The van der Waals surface area contributed by atoms with Gasteiger partial charge in [0.1, 0.15) is 11.7 Å². The quantitative estimate of drug-likeness (QED) is 0.906. The van der Waals surface area contributed by atoms with Gasteiger partial charge in [0, 0.05) is 24.3 Å². The van der Waals surface area contributed by atoms with E-state index in [1.165, 1.54) is 4.90 Å². The Kier molecular flexibility index (Phi) is 3.75. The number of hydrogen-bond donors (Lipinski definition) is 1. The summed E-state index contributed by atoms with van der Waals surface area (Å²) in [6.45, 7) is 0.512. The van der Waals surface area contributed by atoms with Crippen molar-refractivity contribution in [2.75, 3.05) is 6.54 Å². The van der Waals surface area contributed by atoms with Crippen molar-refractivity contribution < 1.29 is 14.7 Å². The zero-order valence-corrected chi connectivity index (χ0v) is 11.7. The van der Waals surface area contributed by atoms with E-state index in [1.54, 1.807) is 23.9 Å². The molecule has 1 aromatic rings. The first-order valence-corrected chi connectivity index (χ1v) is 6.65. The van der Waals surface area contributed by atoms with Crippen molar-refractivity contribution in [1.82, 2.24) is 9.47 Å². The van der Waals surface area contributed by atoms with Gasteiger partial charge in [0.05, 0.1) is 0 Å². The monoisotopic (exact) mass is 314 g/mol. The van der Waals surface area contributed by atoms with Crippen LogP contribution >= 0.6 is 15.9 Å². The van der Waals surface area contributed by atoms with Gasteiger partial charge in [-0.3, -0.25) is 4.79 Å². The van der Waals surface area contributed by atoms with Gasteiger partial charge >= 0.3 is 5.97 Å². The summed E-state index contributed by atoms with van der Waals surface area (Å²) in [7, 11) is 1.78. The van der Waals surface area contributed by atoms with Crippen molar-refractivity contribution >= 4 is 27.8 Å². The van der Waals surface area contributed by atoms with E-state index in [4.69, 9.17) is 5.11 Å². The molecule has 1 N–H and O–H groups in total. The Morgan fingerprint density at radius 1 is 1.44 bits per heavy atom. The highest BCUT2D eigenvalue weighted by Gasteiger charge is 2.33. The molecule has 2 heterocycles. The summed E-state index contributed by atoms with van der Waals surface area (Å²) in [5.74, 6) is -1.13. The number of aliphatic carboxylic acids is 1. The van der Waals surface area contributed by atoms with Crippen LogP contribution in [0, 0.1) is 0 Å². The molecule has 1 aromatic heterocycles. The standard InChI is InChI=1S/C12H15BrN2O3/c1-14-7-8(13)6-10(14)11(16)15-5-3-2-4-9(15)12(17)18/h6-7,9H,2-5H2,1H3,(H,17,18)/t9-/m0/s1. The molecule has 0 bridgehead atoms. The Hall–Kier alpha value is -1.30. The average Bonchev–Trinajstić information content (AvgIpc) is 2.67. The largest absolute Gasteiger partial charge is 0.480 e. The molecule has 0 aromatic carbocycles. The fourth-order valence-corrected chi connectivity index (χ4v) is 2.84. The fraction of sp³-hybridized carbons (Fsp3) is 0.500. The van der Waals surface area contributed by atoms with Crippen molar-refractivity contribution in [3.63, 3.8) is 0 Å². The first-order valence-electron chi connectivity index (χ1n) is 5.86. The second kappa shape index (κ2) is 5.14. The summed E-state index contributed by atoms with van der Waals surface area (Å²) >= 11 is 3.31. The SMILES string of the molecule is Cn1cc(Br)cc1C(=O)N1CCCC[C@H]1C(=O)O. The Balaban J connectivity index is 2.26. The Bertz CT molecular complexity index is 484. The zero-order chi connectivity index (χ0) is 13.3. The minimum atomic E-state index is -0.920. The van der Waals surface area contributed by atoms with Crippen molar-refractivity contribution in [2.24, 2.45) is 7.05 Å². The first-order chi connectivity index (χ1) is 8.50. The number of carboxylic acids is 1. The second-order valence-corrected chi connectivity index (χ2v) is 5.42. The van der Waals surface area contributed by atoms with E-state index >= 15 is 0 Å².